The molecular weight excluding hydrogens is 248 g/mol. The van der Waals surface area contributed by atoms with Gasteiger partial charge in [0.2, 0.25) is 5.91 Å². The van der Waals surface area contributed by atoms with Gasteiger partial charge in [0.15, 0.2) is 0 Å². The number of hydrogen-bond donors (Lipinski definition) is 2. The summed E-state index contributed by atoms with van der Waals surface area (Å²) < 4.78 is 0. The largest absolute Gasteiger partial charge is 0.354 e. The average molecular weight is 271 g/mol. The molecule has 4 heteroatoms. The number of benzene rings is 1. The molecule has 0 radical (unpaired) electrons. The molecule has 0 bridgehead atoms. The lowest BCUT2D eigenvalue weighted by Gasteiger charge is -2.11. The molecule has 0 saturated heterocycles. The fourth-order valence-electron chi connectivity index (χ4n) is 1.66. The van der Waals surface area contributed by atoms with Crippen molar-refractivity contribution in [2.24, 2.45) is 5.73 Å². The summed E-state index contributed by atoms with van der Waals surface area (Å²) >= 11 is 0. The summed E-state index contributed by atoms with van der Waals surface area (Å²) in [5.41, 5.74) is 7.00. The van der Waals surface area contributed by atoms with Crippen molar-refractivity contribution >= 4 is 18.3 Å². The molecule has 3 N–H and O–H groups in total. The quantitative estimate of drug-likeness (QED) is 0.799. The van der Waals surface area contributed by atoms with E-state index in [0.717, 1.165) is 25.7 Å². The highest BCUT2D eigenvalue weighted by Crippen LogP contribution is 2.00. The van der Waals surface area contributed by atoms with Crippen molar-refractivity contribution in [2.75, 3.05) is 6.54 Å². The first kappa shape index (κ1) is 16.9. The zero-order valence-electron chi connectivity index (χ0n) is 10.9. The van der Waals surface area contributed by atoms with Crippen molar-refractivity contribution < 1.29 is 4.79 Å². The maximum Gasteiger partial charge on any atom is 0.236 e. The standard InChI is InChI=1S/C14H22N2O.ClH/c1-2-3-9-13(15)14(17)16-11-10-12-7-5-4-6-8-12;/h4-8,13H,2-3,9-11,15H2,1H3,(H,16,17);1H/t13-;/m0./s1. The Labute approximate surface area is 116 Å². The minimum Gasteiger partial charge on any atom is -0.354 e. The second kappa shape index (κ2) is 9.92. The summed E-state index contributed by atoms with van der Waals surface area (Å²) in [7, 11) is 0. The van der Waals surface area contributed by atoms with Crippen LogP contribution in [0.3, 0.4) is 0 Å². The topological polar surface area (TPSA) is 55.1 Å². The first-order chi connectivity index (χ1) is 8.24. The van der Waals surface area contributed by atoms with Crippen LogP contribution >= 0.6 is 12.4 Å². The van der Waals surface area contributed by atoms with Crippen LogP contribution in [0.15, 0.2) is 30.3 Å². The number of hydrogen-bond acceptors (Lipinski definition) is 2. The van der Waals surface area contributed by atoms with Gasteiger partial charge in [-0.2, -0.15) is 0 Å². The van der Waals surface area contributed by atoms with E-state index in [2.05, 4.69) is 24.4 Å². The first-order valence-electron chi connectivity index (χ1n) is 6.31. The molecule has 0 aliphatic carbocycles. The van der Waals surface area contributed by atoms with Crippen molar-refractivity contribution in [1.29, 1.82) is 0 Å². The summed E-state index contributed by atoms with van der Waals surface area (Å²) in [4.78, 5) is 11.6. The number of unbranched alkanes of at least 4 members (excludes halogenated alkanes) is 1. The zero-order valence-corrected chi connectivity index (χ0v) is 11.7. The van der Waals surface area contributed by atoms with E-state index in [4.69, 9.17) is 5.73 Å². The molecule has 1 aromatic carbocycles. The Balaban J connectivity index is 0.00000289. The summed E-state index contributed by atoms with van der Waals surface area (Å²) in [5, 5.41) is 2.88. The maximum absolute atomic E-state index is 11.6. The molecule has 1 aromatic rings. The fraction of sp³-hybridized carbons (Fsp3) is 0.500. The van der Waals surface area contributed by atoms with Gasteiger partial charge in [-0.05, 0) is 18.4 Å². The summed E-state index contributed by atoms with van der Waals surface area (Å²) in [6, 6.07) is 9.76. The Kier molecular flexibility index (Phi) is 9.33. The van der Waals surface area contributed by atoms with Crippen molar-refractivity contribution in [3.8, 4) is 0 Å². The molecule has 0 spiro atoms. The molecular formula is C14H23ClN2O. The SMILES string of the molecule is CCCC[C@H](N)C(=O)NCCc1ccccc1.Cl. The minimum absolute atomic E-state index is 0. The van der Waals surface area contributed by atoms with Crippen molar-refractivity contribution in [2.45, 2.75) is 38.6 Å². The molecule has 1 atom stereocenters. The van der Waals surface area contributed by atoms with Gasteiger partial charge in [0.25, 0.3) is 0 Å². The molecule has 0 aromatic heterocycles. The van der Waals surface area contributed by atoms with Crippen LogP contribution in [-0.2, 0) is 11.2 Å². The van der Waals surface area contributed by atoms with Crippen LogP contribution in [0.25, 0.3) is 0 Å². The van der Waals surface area contributed by atoms with Gasteiger partial charge in [-0.3, -0.25) is 4.79 Å². The number of carbonyl (C=O) groups is 1. The van der Waals surface area contributed by atoms with Crippen LogP contribution in [0.4, 0.5) is 0 Å². The predicted molar refractivity (Wildman–Crippen MR) is 77.9 cm³/mol. The Morgan fingerprint density at radius 3 is 2.61 bits per heavy atom. The number of amides is 1. The van der Waals surface area contributed by atoms with Gasteiger partial charge in [-0.25, -0.2) is 0 Å². The van der Waals surface area contributed by atoms with Gasteiger partial charge < -0.3 is 11.1 Å². The molecule has 0 fully saturated rings. The van der Waals surface area contributed by atoms with Gasteiger partial charge in [0.1, 0.15) is 0 Å². The van der Waals surface area contributed by atoms with Gasteiger partial charge >= 0.3 is 0 Å². The molecule has 3 nitrogen and oxygen atoms in total. The monoisotopic (exact) mass is 270 g/mol. The third-order valence-electron chi connectivity index (χ3n) is 2.76. The Morgan fingerprint density at radius 1 is 1.33 bits per heavy atom. The fourth-order valence-corrected chi connectivity index (χ4v) is 1.66. The third kappa shape index (κ3) is 6.62. The van der Waals surface area contributed by atoms with Gasteiger partial charge in [-0.15, -0.1) is 12.4 Å². The normalized spacial score (nSPS) is 11.4. The minimum atomic E-state index is -0.356. The van der Waals surface area contributed by atoms with Crippen LogP contribution in [0.2, 0.25) is 0 Å². The summed E-state index contributed by atoms with van der Waals surface area (Å²) in [6.45, 7) is 2.75. The van der Waals surface area contributed by atoms with E-state index in [1.54, 1.807) is 0 Å². The van der Waals surface area contributed by atoms with E-state index in [0.29, 0.717) is 6.54 Å². The van der Waals surface area contributed by atoms with Crippen molar-refractivity contribution in [3.63, 3.8) is 0 Å². The van der Waals surface area contributed by atoms with Crippen molar-refractivity contribution in [1.82, 2.24) is 5.32 Å². The molecule has 0 saturated carbocycles. The van der Waals surface area contributed by atoms with Crippen LogP contribution in [0, 0.1) is 0 Å². The van der Waals surface area contributed by atoms with E-state index in [1.807, 2.05) is 18.2 Å². The number of halogens is 1. The van der Waals surface area contributed by atoms with E-state index in [1.165, 1.54) is 5.56 Å². The molecule has 1 amide bonds. The van der Waals surface area contributed by atoms with Crippen LogP contribution in [0.1, 0.15) is 31.7 Å². The second-order valence-electron chi connectivity index (χ2n) is 4.28. The highest BCUT2D eigenvalue weighted by atomic mass is 35.5. The van der Waals surface area contributed by atoms with Gasteiger partial charge in [0.05, 0.1) is 6.04 Å². The number of rotatable bonds is 7. The summed E-state index contributed by atoms with van der Waals surface area (Å²) in [6.07, 6.45) is 3.71. The smallest absolute Gasteiger partial charge is 0.236 e. The number of nitrogens with one attached hydrogen (secondary N) is 1. The Hall–Kier alpha value is -1.06. The van der Waals surface area contributed by atoms with Crippen LogP contribution < -0.4 is 11.1 Å². The molecule has 0 aliphatic rings. The molecule has 102 valence electrons. The highest BCUT2D eigenvalue weighted by Gasteiger charge is 2.11. The number of carbonyl (C=O) groups excluding carboxylic acids is 1. The molecule has 0 unspecified atom stereocenters. The number of nitrogens with two attached hydrogens (primary N) is 1. The lowest BCUT2D eigenvalue weighted by atomic mass is 10.1. The molecule has 0 aliphatic heterocycles. The van der Waals surface area contributed by atoms with Crippen LogP contribution in [-0.4, -0.2) is 18.5 Å². The van der Waals surface area contributed by atoms with E-state index < -0.39 is 0 Å². The highest BCUT2D eigenvalue weighted by molar-refractivity contribution is 5.85. The summed E-state index contributed by atoms with van der Waals surface area (Å²) in [5.74, 6) is -0.0330. The van der Waals surface area contributed by atoms with E-state index in [9.17, 15) is 4.79 Å². The lowest BCUT2D eigenvalue weighted by molar-refractivity contribution is -0.122. The maximum atomic E-state index is 11.6. The third-order valence-corrected chi connectivity index (χ3v) is 2.76. The van der Waals surface area contributed by atoms with Crippen LogP contribution in [0.5, 0.6) is 0 Å². The Morgan fingerprint density at radius 2 is 2.00 bits per heavy atom. The Bertz CT molecular complexity index is 330. The zero-order chi connectivity index (χ0) is 12.5. The second-order valence-corrected chi connectivity index (χ2v) is 4.28. The van der Waals surface area contributed by atoms with E-state index >= 15 is 0 Å². The predicted octanol–water partition coefficient (Wildman–Crippen LogP) is 2.28. The first-order valence-corrected chi connectivity index (χ1v) is 6.31. The molecule has 1 rings (SSSR count). The molecule has 0 heterocycles. The van der Waals surface area contributed by atoms with Gasteiger partial charge in [0, 0.05) is 6.54 Å². The lowest BCUT2D eigenvalue weighted by Crippen LogP contribution is -2.41. The van der Waals surface area contributed by atoms with Gasteiger partial charge in [-0.1, -0.05) is 50.1 Å². The average Bonchev–Trinajstić information content (AvgIpc) is 2.37. The molecule has 18 heavy (non-hydrogen) atoms. The van der Waals surface area contributed by atoms with E-state index in [-0.39, 0.29) is 24.4 Å². The van der Waals surface area contributed by atoms with Crippen molar-refractivity contribution in [3.05, 3.63) is 35.9 Å².